The van der Waals surface area contributed by atoms with Gasteiger partial charge in [-0.2, -0.15) is 0 Å². The van der Waals surface area contributed by atoms with Gasteiger partial charge in [0.1, 0.15) is 0 Å². The first-order chi connectivity index (χ1) is 8.46. The maximum atomic E-state index is 11.5. The number of benzene rings is 2. The van der Waals surface area contributed by atoms with Crippen LogP contribution in [0.4, 0.5) is 10.5 Å². The van der Waals surface area contributed by atoms with Crippen molar-refractivity contribution in [2.24, 2.45) is 0 Å². The summed E-state index contributed by atoms with van der Waals surface area (Å²) in [7, 11) is -3.56. The lowest BCUT2D eigenvalue weighted by Crippen LogP contribution is -2.33. The number of hydrogen-bond acceptors (Lipinski definition) is 3. The molecule has 2 amide bonds. The van der Waals surface area contributed by atoms with Gasteiger partial charge >= 0.3 is 6.03 Å². The Hall–Kier alpha value is -2.08. The molecule has 0 saturated carbocycles. The second-order valence-electron chi connectivity index (χ2n) is 3.86. The molecule has 0 bridgehead atoms. The first kappa shape index (κ1) is 12.4. The van der Waals surface area contributed by atoms with Crippen molar-refractivity contribution in [3.8, 4) is 0 Å². The fourth-order valence-electron chi connectivity index (χ4n) is 1.65. The Kier molecular flexibility index (Phi) is 3.20. The normalized spacial score (nSPS) is 11.2. The predicted molar refractivity (Wildman–Crippen MR) is 70.9 cm³/mol. The highest BCUT2D eigenvalue weighted by molar-refractivity contribution is 7.89. The van der Waals surface area contributed by atoms with Crippen LogP contribution in [0.2, 0.25) is 0 Å². The lowest BCUT2D eigenvalue weighted by atomic mass is 10.1. The van der Waals surface area contributed by atoms with Crippen molar-refractivity contribution < 1.29 is 13.2 Å². The summed E-state index contributed by atoms with van der Waals surface area (Å²) in [6.45, 7) is 0. The molecule has 0 radical (unpaired) electrons. The zero-order valence-corrected chi connectivity index (χ0v) is 10.5. The van der Waals surface area contributed by atoms with Gasteiger partial charge in [0.2, 0.25) is 10.0 Å². The second kappa shape index (κ2) is 4.66. The first-order valence-electron chi connectivity index (χ1n) is 5.22. The lowest BCUT2D eigenvalue weighted by Gasteiger charge is -2.08. The Bertz CT molecular complexity index is 690. The second-order valence-corrected chi connectivity index (χ2v) is 5.60. The maximum Gasteiger partial charge on any atom is 0.332 e. The van der Waals surface area contributed by atoms with Crippen molar-refractivity contribution in [2.75, 3.05) is 11.6 Å². The number of carbonyl (C=O) groups is 1. The number of urea groups is 1. The van der Waals surface area contributed by atoms with E-state index >= 15 is 0 Å². The summed E-state index contributed by atoms with van der Waals surface area (Å²) in [6.07, 6.45) is 0.926. The van der Waals surface area contributed by atoms with Crippen LogP contribution < -0.4 is 10.0 Å². The number of anilines is 1. The molecule has 0 saturated heterocycles. The van der Waals surface area contributed by atoms with E-state index in [0.717, 1.165) is 17.0 Å². The largest absolute Gasteiger partial charge is 0.332 e. The van der Waals surface area contributed by atoms with Crippen LogP contribution in [0.5, 0.6) is 0 Å². The number of fused-ring (bicyclic) bond motifs is 1. The van der Waals surface area contributed by atoms with E-state index in [9.17, 15) is 13.2 Å². The first-order valence-corrected chi connectivity index (χ1v) is 7.11. The van der Waals surface area contributed by atoms with Crippen LogP contribution in [0.25, 0.3) is 10.8 Å². The van der Waals surface area contributed by atoms with Crippen molar-refractivity contribution >= 4 is 32.5 Å². The van der Waals surface area contributed by atoms with Crippen molar-refractivity contribution in [1.29, 1.82) is 0 Å². The van der Waals surface area contributed by atoms with Crippen LogP contribution in [0.3, 0.4) is 0 Å². The van der Waals surface area contributed by atoms with Gasteiger partial charge in [0.25, 0.3) is 0 Å². The van der Waals surface area contributed by atoms with Crippen LogP contribution in [0, 0.1) is 0 Å². The Labute approximate surface area is 105 Å². The third kappa shape index (κ3) is 2.98. The van der Waals surface area contributed by atoms with Crippen molar-refractivity contribution in [3.63, 3.8) is 0 Å². The SMILES string of the molecule is CS(=O)(=O)NC(=O)Nc1cccc2ccccc12. The molecule has 6 heteroatoms. The fraction of sp³-hybridized carbons (Fsp3) is 0.0833. The summed E-state index contributed by atoms with van der Waals surface area (Å²) in [6, 6.07) is 12.1. The number of amides is 2. The third-order valence-corrected chi connectivity index (χ3v) is 2.87. The van der Waals surface area contributed by atoms with Crippen LogP contribution in [0.15, 0.2) is 42.5 Å². The molecule has 2 aromatic rings. The maximum absolute atomic E-state index is 11.5. The van der Waals surface area contributed by atoms with Gasteiger partial charge in [-0.15, -0.1) is 0 Å². The van der Waals surface area contributed by atoms with Gasteiger partial charge in [-0.1, -0.05) is 36.4 Å². The summed E-state index contributed by atoms with van der Waals surface area (Å²) in [5.74, 6) is 0. The molecule has 0 aliphatic carbocycles. The fourth-order valence-corrected chi connectivity index (χ4v) is 2.04. The molecular formula is C12H12N2O3S. The van der Waals surface area contributed by atoms with Crippen LogP contribution in [-0.2, 0) is 10.0 Å². The minimum absolute atomic E-state index is 0.564. The predicted octanol–water partition coefficient (Wildman–Crippen LogP) is 1.92. The molecule has 0 unspecified atom stereocenters. The van der Waals surface area contributed by atoms with E-state index in [-0.39, 0.29) is 0 Å². The molecule has 0 spiro atoms. The molecule has 0 aromatic heterocycles. The van der Waals surface area contributed by atoms with Crippen LogP contribution in [0.1, 0.15) is 0 Å². The highest BCUT2D eigenvalue weighted by Crippen LogP contribution is 2.22. The van der Waals surface area contributed by atoms with Crippen molar-refractivity contribution in [1.82, 2.24) is 4.72 Å². The third-order valence-electron chi connectivity index (χ3n) is 2.32. The zero-order chi connectivity index (χ0) is 13.2. The minimum Gasteiger partial charge on any atom is -0.307 e. The standard InChI is InChI=1S/C12H12N2O3S/c1-18(16,17)14-12(15)13-11-8-4-6-9-5-2-3-7-10(9)11/h2-8H,1H3,(H2,13,14,15). The Morgan fingerprint density at radius 1 is 1.06 bits per heavy atom. The monoisotopic (exact) mass is 264 g/mol. The molecule has 18 heavy (non-hydrogen) atoms. The molecule has 0 heterocycles. The van der Waals surface area contributed by atoms with Crippen molar-refractivity contribution in [3.05, 3.63) is 42.5 Å². The van der Waals surface area contributed by atoms with Gasteiger partial charge in [0.05, 0.1) is 11.9 Å². The molecule has 0 atom stereocenters. The molecule has 2 rings (SSSR count). The topological polar surface area (TPSA) is 75.3 Å². The highest BCUT2D eigenvalue weighted by Gasteiger charge is 2.09. The van der Waals surface area contributed by atoms with Gasteiger partial charge in [0.15, 0.2) is 0 Å². The van der Waals surface area contributed by atoms with Gasteiger partial charge < -0.3 is 5.32 Å². The van der Waals surface area contributed by atoms with Crippen molar-refractivity contribution in [2.45, 2.75) is 0 Å². The number of sulfonamides is 1. The number of hydrogen-bond donors (Lipinski definition) is 2. The molecule has 2 N–H and O–H groups in total. The van der Waals surface area contributed by atoms with Gasteiger partial charge in [0, 0.05) is 5.39 Å². The van der Waals surface area contributed by atoms with Gasteiger partial charge in [-0.25, -0.2) is 17.9 Å². The lowest BCUT2D eigenvalue weighted by molar-refractivity contribution is 0.256. The molecule has 94 valence electrons. The van der Waals surface area contributed by atoms with Gasteiger partial charge in [-0.05, 0) is 11.5 Å². The van der Waals surface area contributed by atoms with E-state index in [4.69, 9.17) is 0 Å². The summed E-state index contributed by atoms with van der Waals surface area (Å²) in [5.41, 5.74) is 0.564. The Morgan fingerprint density at radius 3 is 2.44 bits per heavy atom. The van der Waals surface area contributed by atoms with E-state index in [2.05, 4.69) is 5.32 Å². The number of nitrogens with one attached hydrogen (secondary N) is 2. The van der Waals surface area contributed by atoms with Crippen LogP contribution >= 0.6 is 0 Å². The summed E-state index contributed by atoms with van der Waals surface area (Å²) < 4.78 is 23.7. The molecular weight excluding hydrogens is 252 g/mol. The molecule has 5 nitrogen and oxygen atoms in total. The highest BCUT2D eigenvalue weighted by atomic mass is 32.2. The average Bonchev–Trinajstić information content (AvgIpc) is 2.27. The molecule has 0 aliphatic rings. The van der Waals surface area contributed by atoms with E-state index in [1.54, 1.807) is 12.1 Å². The van der Waals surface area contributed by atoms with Crippen LogP contribution in [-0.4, -0.2) is 20.7 Å². The molecule has 0 fully saturated rings. The van der Waals surface area contributed by atoms with E-state index in [1.807, 2.05) is 35.1 Å². The van der Waals surface area contributed by atoms with E-state index < -0.39 is 16.1 Å². The van der Waals surface area contributed by atoms with E-state index in [0.29, 0.717) is 5.69 Å². The smallest absolute Gasteiger partial charge is 0.307 e. The quantitative estimate of drug-likeness (QED) is 0.870. The Balaban J connectivity index is 2.30. The molecule has 0 aliphatic heterocycles. The summed E-state index contributed by atoms with van der Waals surface area (Å²) in [4.78, 5) is 11.5. The summed E-state index contributed by atoms with van der Waals surface area (Å²) >= 11 is 0. The summed E-state index contributed by atoms with van der Waals surface area (Å²) in [5, 5.41) is 4.33. The number of rotatable bonds is 2. The zero-order valence-electron chi connectivity index (χ0n) is 9.67. The van der Waals surface area contributed by atoms with Gasteiger partial charge in [-0.3, -0.25) is 0 Å². The average molecular weight is 264 g/mol. The van der Waals surface area contributed by atoms with E-state index in [1.165, 1.54) is 0 Å². The molecule has 2 aromatic carbocycles. The Morgan fingerprint density at radius 2 is 1.72 bits per heavy atom. The number of carbonyl (C=O) groups excluding carboxylic acids is 1. The minimum atomic E-state index is -3.56.